The summed E-state index contributed by atoms with van der Waals surface area (Å²) in [6.45, 7) is 0.979. The lowest BCUT2D eigenvalue weighted by Gasteiger charge is -2.23. The van der Waals surface area contributed by atoms with Gasteiger partial charge in [0.2, 0.25) is 17.8 Å². The Morgan fingerprint density at radius 1 is 0.765 bits per heavy atom. The molecule has 1 saturated carbocycles. The van der Waals surface area contributed by atoms with E-state index in [1.165, 1.54) is 31.4 Å². The van der Waals surface area contributed by atoms with Crippen LogP contribution in [0, 0.1) is 5.82 Å². The van der Waals surface area contributed by atoms with Crippen LogP contribution in [-0.2, 0) is 13.1 Å². The predicted octanol–water partition coefficient (Wildman–Crippen LogP) is 5.00. The number of methoxy groups -OCH3 is 2. The molecule has 0 bridgehead atoms. The molecule has 0 atom stereocenters. The zero-order chi connectivity index (χ0) is 23.8. The van der Waals surface area contributed by atoms with E-state index in [1.807, 2.05) is 18.2 Å². The van der Waals surface area contributed by atoms with Crippen molar-refractivity contribution in [3.8, 4) is 11.5 Å². The number of ether oxygens (including phenoxy) is 2. The first kappa shape index (κ1) is 23.5. The first-order chi connectivity index (χ1) is 16.6. The van der Waals surface area contributed by atoms with Crippen molar-refractivity contribution in [2.24, 2.45) is 0 Å². The van der Waals surface area contributed by atoms with Crippen LogP contribution in [0.1, 0.15) is 43.2 Å². The van der Waals surface area contributed by atoms with Crippen LogP contribution in [0.3, 0.4) is 0 Å². The molecule has 1 heterocycles. The van der Waals surface area contributed by atoms with Crippen LogP contribution in [0.5, 0.6) is 11.5 Å². The molecule has 0 spiro atoms. The van der Waals surface area contributed by atoms with Gasteiger partial charge in [-0.2, -0.15) is 15.0 Å². The van der Waals surface area contributed by atoms with Crippen molar-refractivity contribution in [1.82, 2.24) is 15.0 Å². The van der Waals surface area contributed by atoms with E-state index in [2.05, 4.69) is 30.9 Å². The molecule has 0 radical (unpaired) electrons. The fourth-order valence-electron chi connectivity index (χ4n) is 3.98. The molecule has 180 valence electrons. The molecule has 0 aliphatic heterocycles. The summed E-state index contributed by atoms with van der Waals surface area (Å²) in [4.78, 5) is 13.7. The largest absolute Gasteiger partial charge is 0.493 e. The zero-order valence-electron chi connectivity index (χ0n) is 19.6. The lowest BCUT2D eigenvalue weighted by atomic mass is 9.96. The average molecular weight is 467 g/mol. The van der Waals surface area contributed by atoms with Crippen molar-refractivity contribution < 1.29 is 13.9 Å². The smallest absolute Gasteiger partial charge is 0.229 e. The zero-order valence-corrected chi connectivity index (χ0v) is 19.6. The van der Waals surface area contributed by atoms with Gasteiger partial charge in [-0.3, -0.25) is 0 Å². The molecular weight excluding hydrogens is 435 g/mol. The van der Waals surface area contributed by atoms with Gasteiger partial charge in [-0.1, -0.05) is 37.5 Å². The predicted molar refractivity (Wildman–Crippen MR) is 131 cm³/mol. The number of halogens is 1. The van der Waals surface area contributed by atoms with Crippen LogP contribution < -0.4 is 25.4 Å². The highest BCUT2D eigenvalue weighted by molar-refractivity contribution is 5.46. The van der Waals surface area contributed by atoms with Crippen LogP contribution >= 0.6 is 0 Å². The number of nitrogens with zero attached hydrogens (tertiary/aromatic N) is 3. The molecule has 34 heavy (non-hydrogen) atoms. The second-order valence-corrected chi connectivity index (χ2v) is 8.31. The molecule has 3 aromatic rings. The van der Waals surface area contributed by atoms with Crippen molar-refractivity contribution >= 4 is 17.8 Å². The molecule has 2 aromatic carbocycles. The van der Waals surface area contributed by atoms with Crippen molar-refractivity contribution in [1.29, 1.82) is 0 Å². The van der Waals surface area contributed by atoms with Crippen molar-refractivity contribution in [2.45, 2.75) is 51.2 Å². The maximum atomic E-state index is 13.2. The monoisotopic (exact) mass is 466 g/mol. The molecule has 1 aromatic heterocycles. The van der Waals surface area contributed by atoms with Gasteiger partial charge in [-0.15, -0.1) is 0 Å². The number of hydrogen-bond acceptors (Lipinski definition) is 8. The quantitative estimate of drug-likeness (QED) is 0.385. The topological polar surface area (TPSA) is 93.2 Å². The van der Waals surface area contributed by atoms with E-state index in [4.69, 9.17) is 9.47 Å². The third-order valence-corrected chi connectivity index (χ3v) is 5.84. The third-order valence-electron chi connectivity index (χ3n) is 5.84. The highest BCUT2D eigenvalue weighted by atomic mass is 19.1. The number of aromatic nitrogens is 3. The second-order valence-electron chi connectivity index (χ2n) is 8.31. The summed E-state index contributed by atoms with van der Waals surface area (Å²) in [6.07, 6.45) is 5.92. The summed E-state index contributed by atoms with van der Waals surface area (Å²) in [5.41, 5.74) is 1.93. The van der Waals surface area contributed by atoms with E-state index in [0.717, 1.165) is 24.0 Å². The molecule has 8 nitrogen and oxygen atoms in total. The van der Waals surface area contributed by atoms with Crippen molar-refractivity contribution in [2.75, 3.05) is 30.2 Å². The Balaban J connectivity index is 1.49. The molecule has 3 N–H and O–H groups in total. The first-order valence-corrected chi connectivity index (χ1v) is 11.6. The fourth-order valence-corrected chi connectivity index (χ4v) is 3.98. The van der Waals surface area contributed by atoms with Gasteiger partial charge < -0.3 is 25.4 Å². The Hall–Kier alpha value is -3.62. The van der Waals surface area contributed by atoms with Gasteiger partial charge in [0.25, 0.3) is 0 Å². The molecule has 4 rings (SSSR count). The number of anilines is 3. The number of nitrogens with one attached hydrogen (secondary N) is 3. The van der Waals surface area contributed by atoms with Gasteiger partial charge in [-0.25, -0.2) is 4.39 Å². The van der Waals surface area contributed by atoms with E-state index in [0.29, 0.717) is 48.5 Å². The van der Waals surface area contributed by atoms with Gasteiger partial charge in [0.15, 0.2) is 11.5 Å². The minimum atomic E-state index is -0.260. The number of hydrogen-bond donors (Lipinski definition) is 3. The minimum Gasteiger partial charge on any atom is -0.493 e. The standard InChI is InChI=1S/C25H31FN6O2/c1-33-21-13-10-18(14-22(21)34-2)16-28-24-30-23(27-15-17-8-11-19(26)12-9-17)31-25(32-24)29-20-6-4-3-5-7-20/h8-14,20H,3-7,15-16H2,1-2H3,(H3,27,28,29,30,31,32). The van der Waals surface area contributed by atoms with Gasteiger partial charge in [0.05, 0.1) is 14.2 Å². The van der Waals surface area contributed by atoms with Crippen LogP contribution in [0.15, 0.2) is 42.5 Å². The first-order valence-electron chi connectivity index (χ1n) is 11.6. The summed E-state index contributed by atoms with van der Waals surface area (Å²) in [5.74, 6) is 2.54. The number of benzene rings is 2. The van der Waals surface area contributed by atoms with Crippen molar-refractivity contribution in [3.05, 3.63) is 59.4 Å². The molecule has 1 fully saturated rings. The summed E-state index contributed by atoms with van der Waals surface area (Å²) < 4.78 is 23.9. The minimum absolute atomic E-state index is 0.260. The summed E-state index contributed by atoms with van der Waals surface area (Å²) in [5, 5.41) is 9.98. The Kier molecular flexibility index (Phi) is 7.95. The van der Waals surface area contributed by atoms with Gasteiger partial charge in [0, 0.05) is 19.1 Å². The van der Waals surface area contributed by atoms with E-state index < -0.39 is 0 Å². The summed E-state index contributed by atoms with van der Waals surface area (Å²) in [7, 11) is 3.23. The lowest BCUT2D eigenvalue weighted by Crippen LogP contribution is -2.24. The molecule has 0 saturated heterocycles. The van der Waals surface area contributed by atoms with Crippen LogP contribution in [-0.4, -0.2) is 35.2 Å². The molecule has 0 unspecified atom stereocenters. The Morgan fingerprint density at radius 3 is 2.00 bits per heavy atom. The fraction of sp³-hybridized carbons (Fsp3) is 0.400. The number of rotatable bonds is 10. The van der Waals surface area contributed by atoms with Crippen LogP contribution in [0.2, 0.25) is 0 Å². The van der Waals surface area contributed by atoms with Crippen LogP contribution in [0.25, 0.3) is 0 Å². The maximum absolute atomic E-state index is 13.2. The summed E-state index contributed by atoms with van der Waals surface area (Å²) >= 11 is 0. The Labute approximate surface area is 199 Å². The Morgan fingerprint density at radius 2 is 1.35 bits per heavy atom. The maximum Gasteiger partial charge on any atom is 0.229 e. The lowest BCUT2D eigenvalue weighted by molar-refractivity contribution is 0.354. The molecule has 1 aliphatic carbocycles. The van der Waals surface area contributed by atoms with E-state index in [-0.39, 0.29) is 5.82 Å². The summed E-state index contributed by atoms with van der Waals surface area (Å²) in [6, 6.07) is 12.5. The molecule has 9 heteroatoms. The molecule has 1 aliphatic rings. The van der Waals surface area contributed by atoms with Gasteiger partial charge in [0.1, 0.15) is 5.82 Å². The second kappa shape index (κ2) is 11.5. The van der Waals surface area contributed by atoms with Crippen LogP contribution in [0.4, 0.5) is 22.2 Å². The normalized spacial score (nSPS) is 13.9. The molecule has 0 amide bonds. The van der Waals surface area contributed by atoms with E-state index >= 15 is 0 Å². The average Bonchev–Trinajstić information content (AvgIpc) is 2.87. The Bertz CT molecular complexity index is 1070. The van der Waals surface area contributed by atoms with Gasteiger partial charge >= 0.3 is 0 Å². The molecular formula is C25H31FN6O2. The van der Waals surface area contributed by atoms with E-state index in [9.17, 15) is 4.39 Å². The highest BCUT2D eigenvalue weighted by Crippen LogP contribution is 2.28. The van der Waals surface area contributed by atoms with Gasteiger partial charge in [-0.05, 0) is 48.2 Å². The highest BCUT2D eigenvalue weighted by Gasteiger charge is 2.16. The SMILES string of the molecule is COc1ccc(CNc2nc(NCc3ccc(F)cc3)nc(NC3CCCCC3)n2)cc1OC. The third kappa shape index (κ3) is 6.46. The van der Waals surface area contributed by atoms with E-state index in [1.54, 1.807) is 26.4 Å². The van der Waals surface area contributed by atoms with Crippen molar-refractivity contribution in [3.63, 3.8) is 0 Å².